The van der Waals surface area contributed by atoms with Crippen LogP contribution in [0.5, 0.6) is 0 Å². The summed E-state index contributed by atoms with van der Waals surface area (Å²) in [6.07, 6.45) is 5.24. The molecule has 3 aromatic heterocycles. The van der Waals surface area contributed by atoms with Crippen LogP contribution in [-0.4, -0.2) is 20.3 Å². The maximum atomic E-state index is 12.3. The van der Waals surface area contributed by atoms with E-state index in [0.717, 1.165) is 16.6 Å². The van der Waals surface area contributed by atoms with Crippen LogP contribution in [0, 0.1) is 0 Å². The SMILES string of the molecule is O=C(Nc1ccc2[nH]ccc2c1)c1cn2cc(Cl)ccc2n1. The number of halogens is 1. The number of anilines is 1. The highest BCUT2D eigenvalue weighted by atomic mass is 35.5. The average molecular weight is 311 g/mol. The largest absolute Gasteiger partial charge is 0.361 e. The van der Waals surface area contributed by atoms with Crippen LogP contribution in [0.2, 0.25) is 5.02 Å². The van der Waals surface area contributed by atoms with E-state index in [9.17, 15) is 4.79 Å². The van der Waals surface area contributed by atoms with E-state index >= 15 is 0 Å². The first-order chi connectivity index (χ1) is 10.7. The molecule has 4 aromatic rings. The molecule has 0 atom stereocenters. The Morgan fingerprint density at radius 3 is 3.00 bits per heavy atom. The summed E-state index contributed by atoms with van der Waals surface area (Å²) in [5, 5.41) is 4.49. The number of aromatic nitrogens is 3. The van der Waals surface area contributed by atoms with E-state index in [1.54, 1.807) is 28.9 Å². The molecule has 4 rings (SSSR count). The van der Waals surface area contributed by atoms with Gasteiger partial charge in [-0.1, -0.05) is 11.6 Å². The van der Waals surface area contributed by atoms with Crippen molar-refractivity contribution in [1.29, 1.82) is 0 Å². The van der Waals surface area contributed by atoms with E-state index in [2.05, 4.69) is 15.3 Å². The molecule has 0 bridgehead atoms. The number of pyridine rings is 1. The van der Waals surface area contributed by atoms with Crippen molar-refractivity contribution in [3.8, 4) is 0 Å². The van der Waals surface area contributed by atoms with Gasteiger partial charge in [-0.2, -0.15) is 0 Å². The number of hydrogen-bond acceptors (Lipinski definition) is 2. The summed E-state index contributed by atoms with van der Waals surface area (Å²) < 4.78 is 1.73. The van der Waals surface area contributed by atoms with Crippen molar-refractivity contribution in [2.45, 2.75) is 0 Å². The molecule has 0 aliphatic carbocycles. The van der Waals surface area contributed by atoms with Gasteiger partial charge in [0.25, 0.3) is 5.91 Å². The number of nitrogens with one attached hydrogen (secondary N) is 2. The van der Waals surface area contributed by atoms with Crippen molar-refractivity contribution >= 4 is 39.7 Å². The van der Waals surface area contributed by atoms with E-state index in [-0.39, 0.29) is 5.91 Å². The zero-order chi connectivity index (χ0) is 15.1. The molecule has 0 aliphatic rings. The third-order valence-corrected chi connectivity index (χ3v) is 3.68. The summed E-state index contributed by atoms with van der Waals surface area (Å²) in [5.74, 6) is -0.255. The molecule has 2 N–H and O–H groups in total. The lowest BCUT2D eigenvalue weighted by molar-refractivity contribution is 0.102. The second kappa shape index (κ2) is 4.89. The number of nitrogens with zero attached hydrogens (tertiary/aromatic N) is 2. The van der Waals surface area contributed by atoms with Gasteiger partial charge >= 0.3 is 0 Å². The Morgan fingerprint density at radius 1 is 1.18 bits per heavy atom. The van der Waals surface area contributed by atoms with Gasteiger partial charge in [0.1, 0.15) is 11.3 Å². The first kappa shape index (κ1) is 12.9. The van der Waals surface area contributed by atoms with Gasteiger partial charge in [-0.3, -0.25) is 4.79 Å². The van der Waals surface area contributed by atoms with Crippen LogP contribution in [-0.2, 0) is 0 Å². The Kier molecular flexibility index (Phi) is 2.87. The minimum Gasteiger partial charge on any atom is -0.361 e. The Labute approximate surface area is 130 Å². The molecule has 1 amide bonds. The predicted octanol–water partition coefficient (Wildman–Crippen LogP) is 3.72. The number of carbonyl (C=O) groups excluding carboxylic acids is 1. The number of carbonyl (C=O) groups is 1. The van der Waals surface area contributed by atoms with Crippen LogP contribution in [0.1, 0.15) is 10.5 Å². The maximum Gasteiger partial charge on any atom is 0.275 e. The predicted molar refractivity (Wildman–Crippen MR) is 86.5 cm³/mol. The van der Waals surface area contributed by atoms with Crippen LogP contribution in [0.3, 0.4) is 0 Å². The topological polar surface area (TPSA) is 62.2 Å². The number of amides is 1. The number of fused-ring (bicyclic) bond motifs is 2. The van der Waals surface area contributed by atoms with Gasteiger partial charge in [0.15, 0.2) is 0 Å². The lowest BCUT2D eigenvalue weighted by atomic mass is 10.2. The van der Waals surface area contributed by atoms with Gasteiger partial charge in [-0.05, 0) is 36.4 Å². The molecular weight excluding hydrogens is 300 g/mol. The summed E-state index contributed by atoms with van der Waals surface area (Å²) in [4.78, 5) is 19.7. The third kappa shape index (κ3) is 2.21. The second-order valence-corrected chi connectivity index (χ2v) is 5.41. The lowest BCUT2D eigenvalue weighted by Gasteiger charge is -2.03. The maximum absolute atomic E-state index is 12.3. The fourth-order valence-electron chi connectivity index (χ4n) is 2.40. The number of hydrogen-bond donors (Lipinski definition) is 2. The van der Waals surface area contributed by atoms with E-state index in [0.29, 0.717) is 16.4 Å². The monoisotopic (exact) mass is 310 g/mol. The molecule has 6 heteroatoms. The zero-order valence-electron chi connectivity index (χ0n) is 11.4. The summed E-state index contributed by atoms with van der Waals surface area (Å²) in [5.41, 5.74) is 2.78. The molecular formula is C16H11ClN4O. The lowest BCUT2D eigenvalue weighted by Crippen LogP contribution is -2.12. The van der Waals surface area contributed by atoms with Gasteiger partial charge in [0.05, 0.1) is 5.02 Å². The van der Waals surface area contributed by atoms with Crippen LogP contribution in [0.15, 0.2) is 55.0 Å². The fourth-order valence-corrected chi connectivity index (χ4v) is 2.57. The highest BCUT2D eigenvalue weighted by Crippen LogP contribution is 2.19. The molecule has 22 heavy (non-hydrogen) atoms. The van der Waals surface area contributed by atoms with Crippen molar-refractivity contribution in [3.05, 3.63) is 65.7 Å². The van der Waals surface area contributed by atoms with E-state index in [4.69, 9.17) is 11.6 Å². The van der Waals surface area contributed by atoms with Crippen molar-refractivity contribution in [1.82, 2.24) is 14.4 Å². The quantitative estimate of drug-likeness (QED) is 0.592. The van der Waals surface area contributed by atoms with Crippen LogP contribution in [0.4, 0.5) is 5.69 Å². The van der Waals surface area contributed by atoms with Gasteiger partial charge in [0.2, 0.25) is 0 Å². The number of benzene rings is 1. The number of aromatic amines is 1. The summed E-state index contributed by atoms with van der Waals surface area (Å²) in [7, 11) is 0. The molecule has 3 heterocycles. The molecule has 0 radical (unpaired) electrons. The Bertz CT molecular complexity index is 1000. The second-order valence-electron chi connectivity index (χ2n) is 4.97. The zero-order valence-corrected chi connectivity index (χ0v) is 12.1. The Morgan fingerprint density at radius 2 is 2.09 bits per heavy atom. The highest BCUT2D eigenvalue weighted by Gasteiger charge is 2.11. The van der Waals surface area contributed by atoms with Crippen LogP contribution in [0.25, 0.3) is 16.6 Å². The molecule has 0 aliphatic heterocycles. The Balaban J connectivity index is 1.64. The summed E-state index contributed by atoms with van der Waals surface area (Å²) >= 11 is 5.93. The van der Waals surface area contributed by atoms with Crippen molar-refractivity contribution in [2.75, 3.05) is 5.32 Å². The van der Waals surface area contributed by atoms with Gasteiger partial charge in [-0.15, -0.1) is 0 Å². The van der Waals surface area contributed by atoms with Gasteiger partial charge in [0, 0.05) is 35.2 Å². The summed E-state index contributed by atoms with van der Waals surface area (Å²) in [6, 6.07) is 11.2. The highest BCUT2D eigenvalue weighted by molar-refractivity contribution is 6.30. The van der Waals surface area contributed by atoms with Crippen LogP contribution >= 0.6 is 11.6 Å². The molecule has 0 saturated heterocycles. The molecule has 108 valence electrons. The van der Waals surface area contributed by atoms with E-state index < -0.39 is 0 Å². The molecule has 0 fully saturated rings. The number of H-pyrrole nitrogens is 1. The molecule has 0 spiro atoms. The molecule has 0 saturated carbocycles. The smallest absolute Gasteiger partial charge is 0.275 e. The standard InChI is InChI=1S/C16H11ClN4O/c17-11-1-4-15-20-14(9-21(15)8-11)16(22)19-12-2-3-13-10(7-12)5-6-18-13/h1-9,18H,(H,19,22). The first-order valence-corrected chi connectivity index (χ1v) is 7.10. The summed E-state index contributed by atoms with van der Waals surface area (Å²) in [6.45, 7) is 0. The molecule has 1 aromatic carbocycles. The average Bonchev–Trinajstić information content (AvgIpc) is 3.12. The molecule has 0 unspecified atom stereocenters. The van der Waals surface area contributed by atoms with Crippen molar-refractivity contribution < 1.29 is 4.79 Å². The number of imidazole rings is 1. The van der Waals surface area contributed by atoms with Gasteiger partial charge in [-0.25, -0.2) is 4.98 Å². The Hall–Kier alpha value is -2.79. The van der Waals surface area contributed by atoms with Crippen molar-refractivity contribution in [2.24, 2.45) is 0 Å². The number of rotatable bonds is 2. The van der Waals surface area contributed by atoms with Crippen LogP contribution < -0.4 is 5.32 Å². The van der Waals surface area contributed by atoms with Gasteiger partial charge < -0.3 is 14.7 Å². The third-order valence-electron chi connectivity index (χ3n) is 3.46. The van der Waals surface area contributed by atoms with Crippen molar-refractivity contribution in [3.63, 3.8) is 0 Å². The normalized spacial score (nSPS) is 11.1. The van der Waals surface area contributed by atoms with E-state index in [1.807, 2.05) is 30.5 Å². The van der Waals surface area contributed by atoms with E-state index in [1.165, 1.54) is 0 Å². The minimum absolute atomic E-state index is 0.255. The fraction of sp³-hybridized carbons (Fsp3) is 0. The minimum atomic E-state index is -0.255. The molecule has 5 nitrogen and oxygen atoms in total. The first-order valence-electron chi connectivity index (χ1n) is 6.72.